The van der Waals surface area contributed by atoms with E-state index in [1.807, 2.05) is 83.5 Å². The summed E-state index contributed by atoms with van der Waals surface area (Å²) in [6.45, 7) is 0. The van der Waals surface area contributed by atoms with Gasteiger partial charge in [-0.3, -0.25) is 14.9 Å². The maximum Gasteiger partial charge on any atom is 0.271 e. The van der Waals surface area contributed by atoms with Crippen LogP contribution in [0.2, 0.25) is 0 Å². The monoisotopic (exact) mass is 538 g/mol. The van der Waals surface area contributed by atoms with E-state index in [2.05, 4.69) is 21.2 Å². The Balaban J connectivity index is 1.46. The van der Waals surface area contributed by atoms with E-state index < -0.39 is 4.92 Å². The highest BCUT2D eigenvalue weighted by atomic mass is 79.9. The molecule has 5 rings (SSSR count). The summed E-state index contributed by atoms with van der Waals surface area (Å²) >= 11 is 3.33. The van der Waals surface area contributed by atoms with Gasteiger partial charge in [0, 0.05) is 33.3 Å². The molecule has 0 aliphatic carbocycles. The molecule has 8 heteroatoms. The van der Waals surface area contributed by atoms with Crippen LogP contribution in [0, 0.1) is 10.1 Å². The Morgan fingerprint density at radius 3 is 2.11 bits per heavy atom. The first-order valence-corrected chi connectivity index (χ1v) is 11.9. The number of amides is 1. The van der Waals surface area contributed by atoms with Crippen molar-refractivity contribution < 1.29 is 9.72 Å². The molecule has 0 unspecified atom stereocenters. The van der Waals surface area contributed by atoms with Crippen molar-refractivity contribution in [2.75, 3.05) is 5.32 Å². The number of nitrogens with zero attached hydrogens (tertiary/aromatic N) is 3. The molecule has 1 amide bonds. The Kier molecular flexibility index (Phi) is 6.42. The fourth-order valence-electron chi connectivity index (χ4n) is 3.81. The van der Waals surface area contributed by atoms with Crippen LogP contribution in [0.3, 0.4) is 0 Å². The van der Waals surface area contributed by atoms with Crippen LogP contribution >= 0.6 is 15.9 Å². The molecule has 0 saturated carbocycles. The minimum atomic E-state index is -0.505. The van der Waals surface area contributed by atoms with Crippen LogP contribution in [0.15, 0.2) is 114 Å². The fraction of sp³-hybridized carbons (Fsp3) is 0. The smallest absolute Gasteiger partial charge is 0.271 e. The van der Waals surface area contributed by atoms with Crippen LogP contribution in [0.5, 0.6) is 0 Å². The number of carbonyl (C=O) groups excluding carboxylic acids is 1. The molecular weight excluding hydrogens is 520 g/mol. The van der Waals surface area contributed by atoms with Gasteiger partial charge in [-0.1, -0.05) is 60.7 Å². The molecule has 1 heterocycles. The molecule has 1 aromatic heterocycles. The third-order valence-electron chi connectivity index (χ3n) is 5.63. The predicted molar refractivity (Wildman–Crippen MR) is 143 cm³/mol. The molecule has 0 aliphatic heterocycles. The Bertz CT molecular complexity index is 1550. The highest BCUT2D eigenvalue weighted by molar-refractivity contribution is 9.10. The van der Waals surface area contributed by atoms with E-state index in [0.717, 1.165) is 28.2 Å². The summed E-state index contributed by atoms with van der Waals surface area (Å²) in [7, 11) is 0. The van der Waals surface area contributed by atoms with Gasteiger partial charge in [0.15, 0.2) is 0 Å². The Labute approximate surface area is 215 Å². The lowest BCUT2D eigenvalue weighted by Gasteiger charge is -2.10. The van der Waals surface area contributed by atoms with Crippen molar-refractivity contribution >= 4 is 33.2 Å². The van der Waals surface area contributed by atoms with Crippen molar-refractivity contribution in [1.29, 1.82) is 0 Å². The number of non-ortho nitro benzene ring substituents is 1. The van der Waals surface area contributed by atoms with Gasteiger partial charge in [0.2, 0.25) is 0 Å². The van der Waals surface area contributed by atoms with Crippen LogP contribution in [0.25, 0.3) is 28.2 Å². The van der Waals surface area contributed by atoms with Crippen LogP contribution in [-0.4, -0.2) is 20.6 Å². The van der Waals surface area contributed by atoms with Crippen LogP contribution in [-0.2, 0) is 0 Å². The van der Waals surface area contributed by atoms with Gasteiger partial charge < -0.3 is 5.32 Å². The lowest BCUT2D eigenvalue weighted by Crippen LogP contribution is -2.12. The van der Waals surface area contributed by atoms with E-state index in [4.69, 9.17) is 5.10 Å². The predicted octanol–water partition coefficient (Wildman–Crippen LogP) is 7.13. The summed E-state index contributed by atoms with van der Waals surface area (Å²) in [5.74, 6) is -0.378. The average Bonchev–Trinajstić information content (AvgIpc) is 3.36. The topological polar surface area (TPSA) is 90.1 Å². The van der Waals surface area contributed by atoms with E-state index >= 15 is 0 Å². The molecule has 0 spiro atoms. The zero-order chi connectivity index (χ0) is 25.1. The van der Waals surface area contributed by atoms with Gasteiger partial charge in [0.05, 0.1) is 27.7 Å². The standard InChI is InChI=1S/C28H19BrN4O3/c29-24-16-15-23(33(35)36)17-26(24)30-28(34)21-11-13-22(14-12-21)32-27(20-9-5-2-6-10-20)18-25(31-32)19-7-3-1-4-8-19/h1-18H,(H,30,34). The van der Waals surface area contributed by atoms with Gasteiger partial charge in [0.1, 0.15) is 0 Å². The number of carbonyl (C=O) groups is 1. The molecule has 0 atom stereocenters. The summed E-state index contributed by atoms with van der Waals surface area (Å²) in [5.41, 5.74) is 5.21. The highest BCUT2D eigenvalue weighted by Gasteiger charge is 2.16. The Hall–Kier alpha value is -4.56. The second kappa shape index (κ2) is 9.97. The molecular formula is C28H19BrN4O3. The molecule has 0 bridgehead atoms. The number of rotatable bonds is 6. The second-order valence-electron chi connectivity index (χ2n) is 7.98. The van der Waals surface area contributed by atoms with Gasteiger partial charge in [0.25, 0.3) is 11.6 Å². The van der Waals surface area contributed by atoms with E-state index in [1.54, 1.807) is 12.1 Å². The third kappa shape index (κ3) is 4.80. The number of nitro benzene ring substituents is 1. The van der Waals surface area contributed by atoms with Crippen molar-refractivity contribution in [1.82, 2.24) is 9.78 Å². The lowest BCUT2D eigenvalue weighted by molar-refractivity contribution is -0.384. The third-order valence-corrected chi connectivity index (χ3v) is 6.32. The minimum Gasteiger partial charge on any atom is -0.321 e. The first kappa shape index (κ1) is 23.2. The molecule has 0 aliphatic rings. The van der Waals surface area contributed by atoms with Crippen molar-refractivity contribution in [2.24, 2.45) is 0 Å². The quantitative estimate of drug-likeness (QED) is 0.184. The molecule has 176 valence electrons. The Morgan fingerprint density at radius 2 is 1.47 bits per heavy atom. The SMILES string of the molecule is O=C(Nc1cc([N+](=O)[O-])ccc1Br)c1ccc(-n2nc(-c3ccccc3)cc2-c2ccccc2)cc1. The molecule has 5 aromatic rings. The Morgan fingerprint density at radius 1 is 0.833 bits per heavy atom. The van der Waals surface area contributed by atoms with Gasteiger partial charge >= 0.3 is 0 Å². The number of anilines is 1. The normalized spacial score (nSPS) is 10.7. The lowest BCUT2D eigenvalue weighted by atomic mass is 10.1. The van der Waals surface area contributed by atoms with Crippen molar-refractivity contribution in [3.05, 3.63) is 129 Å². The van der Waals surface area contributed by atoms with Gasteiger partial charge in [-0.05, 0) is 52.3 Å². The number of nitro groups is 1. The largest absolute Gasteiger partial charge is 0.321 e. The molecule has 1 N–H and O–H groups in total. The molecule has 4 aromatic carbocycles. The fourth-order valence-corrected chi connectivity index (χ4v) is 4.16. The van der Waals surface area contributed by atoms with Gasteiger partial charge in [-0.25, -0.2) is 4.68 Å². The van der Waals surface area contributed by atoms with E-state index in [1.165, 1.54) is 18.2 Å². The molecule has 7 nitrogen and oxygen atoms in total. The summed E-state index contributed by atoms with van der Waals surface area (Å²) in [6, 6.07) is 33.3. The van der Waals surface area contributed by atoms with Crippen molar-refractivity contribution in [2.45, 2.75) is 0 Å². The number of benzene rings is 4. The second-order valence-corrected chi connectivity index (χ2v) is 8.84. The number of hydrogen-bond acceptors (Lipinski definition) is 4. The maximum atomic E-state index is 12.8. The number of aromatic nitrogens is 2. The summed E-state index contributed by atoms with van der Waals surface area (Å²) in [5, 5.41) is 18.7. The average molecular weight is 539 g/mol. The molecule has 0 saturated heterocycles. The van der Waals surface area contributed by atoms with E-state index in [-0.39, 0.29) is 11.6 Å². The van der Waals surface area contributed by atoms with Gasteiger partial charge in [-0.2, -0.15) is 5.10 Å². The van der Waals surface area contributed by atoms with Crippen LogP contribution in [0.1, 0.15) is 10.4 Å². The van der Waals surface area contributed by atoms with Crippen LogP contribution < -0.4 is 5.32 Å². The molecule has 0 fully saturated rings. The number of hydrogen-bond donors (Lipinski definition) is 1. The van der Waals surface area contributed by atoms with Crippen molar-refractivity contribution in [3.63, 3.8) is 0 Å². The zero-order valence-electron chi connectivity index (χ0n) is 18.8. The molecule has 0 radical (unpaired) electrons. The first-order chi connectivity index (χ1) is 17.5. The first-order valence-electron chi connectivity index (χ1n) is 11.1. The zero-order valence-corrected chi connectivity index (χ0v) is 20.4. The summed E-state index contributed by atoms with van der Waals surface area (Å²) in [4.78, 5) is 23.4. The van der Waals surface area contributed by atoms with Crippen LogP contribution in [0.4, 0.5) is 11.4 Å². The number of nitrogens with one attached hydrogen (secondary N) is 1. The summed E-state index contributed by atoms with van der Waals surface area (Å²) in [6.07, 6.45) is 0. The van der Waals surface area contributed by atoms with E-state index in [9.17, 15) is 14.9 Å². The summed E-state index contributed by atoms with van der Waals surface area (Å²) < 4.78 is 2.41. The molecule has 36 heavy (non-hydrogen) atoms. The van der Waals surface area contributed by atoms with E-state index in [0.29, 0.717) is 15.7 Å². The highest BCUT2D eigenvalue weighted by Crippen LogP contribution is 2.30. The number of halogens is 1. The van der Waals surface area contributed by atoms with Gasteiger partial charge in [-0.15, -0.1) is 0 Å². The maximum absolute atomic E-state index is 12.8. The van der Waals surface area contributed by atoms with Crippen molar-refractivity contribution in [3.8, 4) is 28.2 Å². The minimum absolute atomic E-state index is 0.106.